The molecule has 0 N–H and O–H groups in total. The molecule has 0 unspecified atom stereocenters. The lowest BCUT2D eigenvalue weighted by molar-refractivity contribution is -0.132. The summed E-state index contributed by atoms with van der Waals surface area (Å²) in [6.07, 6.45) is 0.899. The minimum atomic E-state index is -0.291. The lowest BCUT2D eigenvalue weighted by Crippen LogP contribution is -2.50. The Kier molecular flexibility index (Phi) is 5.63. The highest BCUT2D eigenvalue weighted by Crippen LogP contribution is 2.15. The third-order valence-electron chi connectivity index (χ3n) is 4.41. The fourth-order valence-electron chi connectivity index (χ4n) is 2.92. The van der Waals surface area contributed by atoms with Crippen molar-refractivity contribution in [3.8, 4) is 0 Å². The van der Waals surface area contributed by atoms with Crippen LogP contribution >= 0.6 is 0 Å². The van der Waals surface area contributed by atoms with Crippen molar-refractivity contribution in [3.63, 3.8) is 0 Å². The molecule has 0 atom stereocenters. The van der Waals surface area contributed by atoms with Gasteiger partial charge in [0.05, 0.1) is 12.3 Å². The maximum absolute atomic E-state index is 12.4. The zero-order valence-electron chi connectivity index (χ0n) is 14.5. The lowest BCUT2D eigenvalue weighted by Gasteiger charge is -2.34. The van der Waals surface area contributed by atoms with E-state index in [0.717, 1.165) is 17.0 Å². The molecule has 1 aromatic rings. The summed E-state index contributed by atoms with van der Waals surface area (Å²) in [4.78, 5) is 27.5. The molecule has 0 bridgehead atoms. The number of hydrogen-bond acceptors (Lipinski definition) is 4. The number of aryl methyl sites for hydroxylation is 2. The molecule has 2 rings (SSSR count). The van der Waals surface area contributed by atoms with Crippen LogP contribution in [-0.2, 0) is 23.0 Å². The van der Waals surface area contributed by atoms with Crippen LogP contribution in [0.3, 0.4) is 0 Å². The molecule has 0 radical (unpaired) electrons. The molecule has 1 saturated heterocycles. The Labute approximate surface area is 137 Å². The summed E-state index contributed by atoms with van der Waals surface area (Å²) < 4.78 is 6.84. The van der Waals surface area contributed by atoms with E-state index in [1.165, 1.54) is 0 Å². The molecule has 1 aromatic heterocycles. The molecule has 0 aromatic carbocycles. The average molecular weight is 322 g/mol. The smallest absolute Gasteiger partial charge is 0.409 e. The summed E-state index contributed by atoms with van der Waals surface area (Å²) in [6.45, 7) is 8.39. The molecule has 2 amide bonds. The molecule has 23 heavy (non-hydrogen) atoms. The summed E-state index contributed by atoms with van der Waals surface area (Å²) >= 11 is 0. The van der Waals surface area contributed by atoms with Gasteiger partial charge >= 0.3 is 6.09 Å². The van der Waals surface area contributed by atoms with Crippen LogP contribution in [0.1, 0.15) is 30.3 Å². The summed E-state index contributed by atoms with van der Waals surface area (Å²) in [5.74, 6) is 0.135. The highest BCUT2D eigenvalue weighted by atomic mass is 16.6. The first-order valence-corrected chi connectivity index (χ1v) is 8.12. The number of amides is 2. The second kappa shape index (κ2) is 7.48. The van der Waals surface area contributed by atoms with E-state index in [4.69, 9.17) is 4.74 Å². The van der Waals surface area contributed by atoms with Crippen molar-refractivity contribution in [2.45, 2.75) is 33.6 Å². The number of nitrogens with zero attached hydrogens (tertiary/aromatic N) is 4. The minimum Gasteiger partial charge on any atom is -0.450 e. The number of carbonyl (C=O) groups is 2. The van der Waals surface area contributed by atoms with Gasteiger partial charge in [-0.3, -0.25) is 9.48 Å². The number of piperazine rings is 1. The van der Waals surface area contributed by atoms with Gasteiger partial charge in [0.15, 0.2) is 0 Å². The molecule has 0 aliphatic carbocycles. The van der Waals surface area contributed by atoms with Crippen molar-refractivity contribution in [1.29, 1.82) is 0 Å². The van der Waals surface area contributed by atoms with Gasteiger partial charge in [0.1, 0.15) is 0 Å². The van der Waals surface area contributed by atoms with E-state index in [9.17, 15) is 9.59 Å². The van der Waals surface area contributed by atoms with Gasteiger partial charge in [-0.15, -0.1) is 0 Å². The summed E-state index contributed by atoms with van der Waals surface area (Å²) in [5.41, 5.74) is 3.26. The van der Waals surface area contributed by atoms with Gasteiger partial charge in [0.2, 0.25) is 5.91 Å². The van der Waals surface area contributed by atoms with Crippen molar-refractivity contribution in [2.24, 2.45) is 7.05 Å². The molecule has 1 fully saturated rings. The molecule has 0 saturated carbocycles. The van der Waals surface area contributed by atoms with Crippen LogP contribution in [0.15, 0.2) is 0 Å². The Balaban J connectivity index is 1.82. The quantitative estimate of drug-likeness (QED) is 0.837. The maximum Gasteiger partial charge on any atom is 0.409 e. The monoisotopic (exact) mass is 322 g/mol. The maximum atomic E-state index is 12.4. The highest BCUT2D eigenvalue weighted by Gasteiger charge is 2.24. The summed E-state index contributed by atoms with van der Waals surface area (Å²) in [6, 6.07) is 0. The second-order valence-corrected chi connectivity index (χ2v) is 5.84. The molecular formula is C16H26N4O3. The van der Waals surface area contributed by atoms with E-state index < -0.39 is 0 Å². The van der Waals surface area contributed by atoms with Gasteiger partial charge in [-0.1, -0.05) is 0 Å². The number of ether oxygens (including phenoxy) is 1. The molecule has 128 valence electrons. The predicted octanol–water partition coefficient (Wildman–Crippen LogP) is 1.27. The van der Waals surface area contributed by atoms with Crippen LogP contribution in [0.25, 0.3) is 0 Å². The van der Waals surface area contributed by atoms with Crippen molar-refractivity contribution in [2.75, 3.05) is 32.8 Å². The van der Waals surface area contributed by atoms with Crippen molar-refractivity contribution >= 4 is 12.0 Å². The van der Waals surface area contributed by atoms with Crippen LogP contribution in [0, 0.1) is 13.8 Å². The van der Waals surface area contributed by atoms with Gasteiger partial charge in [0.25, 0.3) is 0 Å². The topological polar surface area (TPSA) is 67.7 Å². The van der Waals surface area contributed by atoms with Crippen molar-refractivity contribution < 1.29 is 14.3 Å². The number of rotatable bonds is 4. The van der Waals surface area contributed by atoms with E-state index >= 15 is 0 Å². The van der Waals surface area contributed by atoms with Crippen molar-refractivity contribution in [3.05, 3.63) is 17.0 Å². The Morgan fingerprint density at radius 1 is 1.13 bits per heavy atom. The van der Waals surface area contributed by atoms with Gasteiger partial charge in [0, 0.05) is 45.3 Å². The average Bonchev–Trinajstić information content (AvgIpc) is 2.78. The first-order chi connectivity index (χ1) is 10.9. The van der Waals surface area contributed by atoms with E-state index in [1.807, 2.05) is 30.5 Å². The Hall–Kier alpha value is -2.05. The van der Waals surface area contributed by atoms with Crippen LogP contribution in [0.2, 0.25) is 0 Å². The number of hydrogen-bond donors (Lipinski definition) is 0. The second-order valence-electron chi connectivity index (χ2n) is 5.84. The zero-order chi connectivity index (χ0) is 17.0. The number of aromatic nitrogens is 2. The molecule has 0 spiro atoms. The largest absolute Gasteiger partial charge is 0.450 e. The van der Waals surface area contributed by atoms with E-state index in [-0.39, 0.29) is 12.0 Å². The molecule has 7 heteroatoms. The molecular weight excluding hydrogens is 296 g/mol. The van der Waals surface area contributed by atoms with E-state index in [1.54, 1.807) is 11.8 Å². The van der Waals surface area contributed by atoms with Crippen molar-refractivity contribution in [1.82, 2.24) is 19.6 Å². The third kappa shape index (κ3) is 4.03. The molecule has 2 heterocycles. The molecule has 7 nitrogen and oxygen atoms in total. The molecule has 1 aliphatic rings. The molecule has 1 aliphatic heterocycles. The standard InChI is InChI=1S/C16H26N4O3/c1-5-23-16(22)20-10-8-19(9-11-20)15(21)7-6-14-12(2)17-18(4)13(14)3/h5-11H2,1-4H3. The SMILES string of the molecule is CCOC(=O)N1CCN(C(=O)CCc2c(C)nn(C)c2C)CC1. The normalized spacial score (nSPS) is 15.0. The predicted molar refractivity (Wildman–Crippen MR) is 86.2 cm³/mol. The Morgan fingerprint density at radius 2 is 1.74 bits per heavy atom. The fourth-order valence-corrected chi connectivity index (χ4v) is 2.92. The van der Waals surface area contributed by atoms with E-state index in [2.05, 4.69) is 5.10 Å². The first-order valence-electron chi connectivity index (χ1n) is 8.12. The highest BCUT2D eigenvalue weighted by molar-refractivity contribution is 5.77. The minimum absolute atomic E-state index is 0.135. The first kappa shape index (κ1) is 17.3. The Morgan fingerprint density at radius 3 is 2.26 bits per heavy atom. The van der Waals surface area contributed by atoms with Gasteiger partial charge in [-0.05, 0) is 32.8 Å². The van der Waals surface area contributed by atoms with Gasteiger partial charge < -0.3 is 14.5 Å². The lowest BCUT2D eigenvalue weighted by atomic mass is 10.1. The fraction of sp³-hybridized carbons (Fsp3) is 0.688. The van der Waals surface area contributed by atoms with Crippen LogP contribution in [0.5, 0.6) is 0 Å². The van der Waals surface area contributed by atoms with E-state index in [0.29, 0.717) is 45.6 Å². The van der Waals surface area contributed by atoms with Gasteiger partial charge in [-0.2, -0.15) is 5.10 Å². The van der Waals surface area contributed by atoms with Crippen LogP contribution in [-0.4, -0.2) is 64.4 Å². The van der Waals surface area contributed by atoms with Crippen LogP contribution in [0.4, 0.5) is 4.79 Å². The summed E-state index contributed by atoms with van der Waals surface area (Å²) in [5, 5.41) is 4.38. The Bertz CT molecular complexity index is 574. The third-order valence-corrected chi connectivity index (χ3v) is 4.41. The zero-order valence-corrected chi connectivity index (χ0v) is 14.5. The van der Waals surface area contributed by atoms with Gasteiger partial charge in [-0.25, -0.2) is 4.79 Å². The summed E-state index contributed by atoms with van der Waals surface area (Å²) in [7, 11) is 1.92. The number of carbonyl (C=O) groups excluding carboxylic acids is 2. The van der Waals surface area contributed by atoms with Crippen LogP contribution < -0.4 is 0 Å².